The van der Waals surface area contributed by atoms with E-state index in [0.29, 0.717) is 11.1 Å². The number of hydrogen-bond donors (Lipinski definition) is 0. The molecule has 0 aliphatic heterocycles. The maximum atomic E-state index is 12.3. The Bertz CT molecular complexity index is 757. The normalized spacial score (nSPS) is 11.3. The quantitative estimate of drug-likeness (QED) is 0.626. The molecule has 2 aromatic carbocycles. The third-order valence-electron chi connectivity index (χ3n) is 3.53. The van der Waals surface area contributed by atoms with Gasteiger partial charge in [0.05, 0.1) is 17.2 Å². The highest BCUT2D eigenvalue weighted by atomic mass is 16.5. The molecule has 0 heterocycles. The molecular formula is C19H17NO3. The van der Waals surface area contributed by atoms with E-state index in [1.807, 2.05) is 25.1 Å². The fourth-order valence-electron chi connectivity index (χ4n) is 2.14. The molecule has 4 heteroatoms. The smallest absolute Gasteiger partial charge is 0.338 e. The highest BCUT2D eigenvalue weighted by Gasteiger charge is 2.20. The van der Waals surface area contributed by atoms with Gasteiger partial charge >= 0.3 is 5.97 Å². The van der Waals surface area contributed by atoms with Crippen molar-refractivity contribution in [1.82, 2.24) is 0 Å². The van der Waals surface area contributed by atoms with Crippen LogP contribution in [0.25, 0.3) is 0 Å². The van der Waals surface area contributed by atoms with Gasteiger partial charge in [0.25, 0.3) is 0 Å². The molecule has 0 saturated heterocycles. The molecule has 0 amide bonds. The maximum absolute atomic E-state index is 12.3. The third-order valence-corrected chi connectivity index (χ3v) is 3.53. The number of ketones is 1. The molecule has 0 aromatic heterocycles. The van der Waals surface area contributed by atoms with E-state index in [9.17, 15) is 9.59 Å². The summed E-state index contributed by atoms with van der Waals surface area (Å²) in [4.78, 5) is 24.4. The van der Waals surface area contributed by atoms with Crippen LogP contribution in [0.15, 0.2) is 48.5 Å². The predicted molar refractivity (Wildman–Crippen MR) is 86.2 cm³/mol. The van der Waals surface area contributed by atoms with E-state index in [2.05, 4.69) is 0 Å². The Balaban J connectivity index is 2.07. The van der Waals surface area contributed by atoms with Gasteiger partial charge in [0.1, 0.15) is 0 Å². The zero-order valence-electron chi connectivity index (χ0n) is 13.1. The van der Waals surface area contributed by atoms with Crippen LogP contribution >= 0.6 is 0 Å². The molecule has 4 nitrogen and oxygen atoms in total. The van der Waals surface area contributed by atoms with E-state index >= 15 is 0 Å². The highest BCUT2D eigenvalue weighted by molar-refractivity contribution is 6.01. The molecule has 0 N–H and O–H groups in total. The van der Waals surface area contributed by atoms with Crippen molar-refractivity contribution in [3.05, 3.63) is 70.8 Å². The van der Waals surface area contributed by atoms with Gasteiger partial charge in [-0.2, -0.15) is 5.26 Å². The molecule has 0 bridgehead atoms. The molecule has 0 saturated carbocycles. The Hall–Kier alpha value is -2.93. The number of rotatable bonds is 5. The van der Waals surface area contributed by atoms with Gasteiger partial charge in [-0.25, -0.2) is 4.79 Å². The molecule has 0 unspecified atom stereocenters. The summed E-state index contributed by atoms with van der Waals surface area (Å²) >= 11 is 0. The molecule has 0 radical (unpaired) electrons. The summed E-state index contributed by atoms with van der Waals surface area (Å²) in [5.74, 6) is -0.870. The molecule has 0 fully saturated rings. The first-order chi connectivity index (χ1) is 11.0. The van der Waals surface area contributed by atoms with E-state index in [4.69, 9.17) is 10.00 Å². The van der Waals surface area contributed by atoms with Crippen LogP contribution in [0.1, 0.15) is 45.7 Å². The van der Waals surface area contributed by atoms with Crippen molar-refractivity contribution < 1.29 is 14.3 Å². The lowest BCUT2D eigenvalue weighted by molar-refractivity contribution is 0.0319. The van der Waals surface area contributed by atoms with Gasteiger partial charge < -0.3 is 4.74 Å². The number of hydrogen-bond acceptors (Lipinski definition) is 4. The van der Waals surface area contributed by atoms with Crippen LogP contribution in [0.5, 0.6) is 0 Å². The topological polar surface area (TPSA) is 67.2 Å². The second-order valence-corrected chi connectivity index (χ2v) is 5.15. The first kappa shape index (κ1) is 16.4. The number of aryl methyl sites for hydroxylation is 1. The number of ether oxygens (including phenoxy) is 1. The van der Waals surface area contributed by atoms with E-state index in [1.54, 1.807) is 37.3 Å². The van der Waals surface area contributed by atoms with Crippen LogP contribution in [-0.2, 0) is 11.2 Å². The zero-order chi connectivity index (χ0) is 16.8. The lowest BCUT2D eigenvalue weighted by Gasteiger charge is -2.12. The lowest BCUT2D eigenvalue weighted by Crippen LogP contribution is -2.24. The van der Waals surface area contributed by atoms with Crippen molar-refractivity contribution in [3.63, 3.8) is 0 Å². The second-order valence-electron chi connectivity index (χ2n) is 5.15. The number of benzene rings is 2. The van der Waals surface area contributed by atoms with Crippen molar-refractivity contribution in [2.24, 2.45) is 0 Å². The van der Waals surface area contributed by atoms with Gasteiger partial charge in [-0.15, -0.1) is 0 Å². The minimum Gasteiger partial charge on any atom is -0.451 e. The lowest BCUT2D eigenvalue weighted by atomic mass is 10.0. The number of esters is 1. The summed E-state index contributed by atoms with van der Waals surface area (Å²) in [5.41, 5.74) is 2.27. The Labute approximate surface area is 135 Å². The number of carbonyl (C=O) groups excluding carboxylic acids is 2. The minimum absolute atomic E-state index is 0.252. The molecule has 1 atom stereocenters. The monoisotopic (exact) mass is 307 g/mol. The van der Waals surface area contributed by atoms with Crippen LogP contribution < -0.4 is 0 Å². The Morgan fingerprint density at radius 2 is 1.83 bits per heavy atom. The summed E-state index contributed by atoms with van der Waals surface area (Å²) < 4.78 is 5.21. The Morgan fingerprint density at radius 3 is 2.43 bits per heavy atom. The summed E-state index contributed by atoms with van der Waals surface area (Å²) in [6.07, 6.45) is 0.00884. The van der Waals surface area contributed by atoms with Gasteiger partial charge in [-0.05, 0) is 37.1 Å². The summed E-state index contributed by atoms with van der Waals surface area (Å²) in [6, 6.07) is 15.4. The first-order valence-corrected chi connectivity index (χ1v) is 7.39. The second kappa shape index (κ2) is 7.37. The maximum Gasteiger partial charge on any atom is 0.338 e. The molecule has 0 spiro atoms. The molecule has 116 valence electrons. The molecule has 2 aromatic rings. The van der Waals surface area contributed by atoms with Crippen LogP contribution in [-0.4, -0.2) is 17.9 Å². The van der Waals surface area contributed by atoms with Crippen LogP contribution in [0.4, 0.5) is 0 Å². The van der Waals surface area contributed by atoms with Crippen molar-refractivity contribution in [3.8, 4) is 6.07 Å². The van der Waals surface area contributed by atoms with E-state index in [-0.39, 0.29) is 11.3 Å². The van der Waals surface area contributed by atoms with Crippen molar-refractivity contribution in [2.75, 3.05) is 0 Å². The highest BCUT2D eigenvalue weighted by Crippen LogP contribution is 2.12. The van der Waals surface area contributed by atoms with Gasteiger partial charge in [0.2, 0.25) is 5.78 Å². The average Bonchev–Trinajstić information content (AvgIpc) is 2.61. The van der Waals surface area contributed by atoms with Gasteiger partial charge in [-0.1, -0.05) is 37.3 Å². The minimum atomic E-state index is -0.888. The third kappa shape index (κ3) is 4.04. The molecule has 0 aliphatic rings. The average molecular weight is 307 g/mol. The molecule has 0 aliphatic carbocycles. The molecule has 23 heavy (non-hydrogen) atoms. The largest absolute Gasteiger partial charge is 0.451 e. The number of Topliss-reactive ketones (excluding diaryl/α,β-unsaturated/α-hetero) is 1. The number of nitriles is 1. The fraction of sp³-hybridized carbons (Fsp3) is 0.211. The first-order valence-electron chi connectivity index (χ1n) is 7.39. The summed E-state index contributed by atoms with van der Waals surface area (Å²) in [7, 11) is 0. The van der Waals surface area contributed by atoms with Gasteiger partial charge in [-0.3, -0.25) is 4.79 Å². The standard InChI is InChI=1S/C19H17NO3/c1-3-14-7-9-16(10-8-14)18(21)13(2)23-19(22)17-6-4-5-15(11-17)12-20/h4-11,13H,3H2,1-2H3/t13-/m0/s1. The van der Waals surface area contributed by atoms with E-state index in [0.717, 1.165) is 12.0 Å². The van der Waals surface area contributed by atoms with Crippen LogP contribution in [0.2, 0.25) is 0 Å². The number of carbonyl (C=O) groups is 2. The predicted octanol–water partition coefficient (Wildman–Crippen LogP) is 3.55. The molecule has 2 rings (SSSR count). The van der Waals surface area contributed by atoms with Crippen molar-refractivity contribution >= 4 is 11.8 Å². The Morgan fingerprint density at radius 1 is 1.13 bits per heavy atom. The fourth-order valence-corrected chi connectivity index (χ4v) is 2.14. The van der Waals surface area contributed by atoms with E-state index < -0.39 is 12.1 Å². The van der Waals surface area contributed by atoms with Crippen LogP contribution in [0.3, 0.4) is 0 Å². The molecular weight excluding hydrogens is 290 g/mol. The van der Waals surface area contributed by atoms with Crippen molar-refractivity contribution in [1.29, 1.82) is 5.26 Å². The zero-order valence-corrected chi connectivity index (χ0v) is 13.1. The van der Waals surface area contributed by atoms with E-state index in [1.165, 1.54) is 6.07 Å². The SMILES string of the molecule is CCc1ccc(C(=O)[C@H](C)OC(=O)c2cccc(C#N)c2)cc1. The summed E-state index contributed by atoms with van der Waals surface area (Å²) in [5, 5.41) is 8.85. The Kier molecular flexibility index (Phi) is 5.27. The number of nitrogens with zero attached hydrogens (tertiary/aromatic N) is 1. The van der Waals surface area contributed by atoms with Crippen LogP contribution in [0, 0.1) is 11.3 Å². The van der Waals surface area contributed by atoms with Gasteiger partial charge in [0, 0.05) is 5.56 Å². The summed E-state index contributed by atoms with van der Waals surface area (Å²) in [6.45, 7) is 3.58. The van der Waals surface area contributed by atoms with Crippen molar-refractivity contribution in [2.45, 2.75) is 26.4 Å². The van der Waals surface area contributed by atoms with Gasteiger partial charge in [0.15, 0.2) is 6.10 Å².